The number of imidazole rings is 1. The maximum atomic E-state index is 12.8. The van der Waals surface area contributed by atoms with Crippen LogP contribution in [0.4, 0.5) is 0 Å². The Labute approximate surface area is 145 Å². The van der Waals surface area contributed by atoms with Crippen molar-refractivity contribution in [3.05, 3.63) is 64.6 Å². The fraction of sp³-hybridized carbons (Fsp3) is 0.300. The Hall–Kier alpha value is -2.66. The molecule has 1 N–H and O–H groups in total. The normalized spacial score (nSPS) is 16.0. The smallest absolute Gasteiger partial charge is 0.181 e. The number of aliphatic hydroxyl groups excluding tert-OH is 1. The van der Waals surface area contributed by atoms with Crippen molar-refractivity contribution in [2.75, 3.05) is 6.61 Å². The zero-order valence-corrected chi connectivity index (χ0v) is 14.3. The van der Waals surface area contributed by atoms with Gasteiger partial charge in [-0.3, -0.25) is 9.20 Å². The van der Waals surface area contributed by atoms with Gasteiger partial charge in [0, 0.05) is 18.2 Å². The Morgan fingerprint density at radius 2 is 2.16 bits per heavy atom. The average molecular weight is 336 g/mol. The maximum Gasteiger partial charge on any atom is 0.181 e. The van der Waals surface area contributed by atoms with E-state index in [1.54, 1.807) is 0 Å². The average Bonchev–Trinajstić information content (AvgIpc) is 3.11. The standard InChI is InChI=1S/C20H20N2O3/c1-12-7-8-22-19(9-12)21-13(2)20(22)16(23)5-3-14-4-6-18-15(10-14)17(24)11-25-18/h4,6-10,17,24H,3,5,11H2,1-2H3. The minimum atomic E-state index is -0.574. The summed E-state index contributed by atoms with van der Waals surface area (Å²) in [6, 6.07) is 9.71. The topological polar surface area (TPSA) is 63.8 Å². The molecule has 0 aliphatic carbocycles. The van der Waals surface area contributed by atoms with Gasteiger partial charge in [-0.15, -0.1) is 0 Å². The van der Waals surface area contributed by atoms with Gasteiger partial charge in [0.2, 0.25) is 0 Å². The second kappa shape index (κ2) is 6.01. The molecule has 0 spiro atoms. The Kier molecular flexibility index (Phi) is 3.81. The van der Waals surface area contributed by atoms with Crippen molar-refractivity contribution in [1.29, 1.82) is 0 Å². The van der Waals surface area contributed by atoms with E-state index in [2.05, 4.69) is 4.98 Å². The van der Waals surface area contributed by atoms with Crippen LogP contribution in [0.5, 0.6) is 5.75 Å². The van der Waals surface area contributed by atoms with Crippen LogP contribution in [0.2, 0.25) is 0 Å². The molecule has 1 aliphatic rings. The Bertz CT molecular complexity index is 974. The second-order valence-corrected chi connectivity index (χ2v) is 6.60. The van der Waals surface area contributed by atoms with Gasteiger partial charge in [0.25, 0.3) is 0 Å². The first-order chi connectivity index (χ1) is 12.0. The van der Waals surface area contributed by atoms with E-state index in [0.717, 1.165) is 33.8 Å². The van der Waals surface area contributed by atoms with Gasteiger partial charge >= 0.3 is 0 Å². The van der Waals surface area contributed by atoms with Gasteiger partial charge in [0.15, 0.2) is 5.78 Å². The number of benzene rings is 1. The molecule has 2 aromatic heterocycles. The van der Waals surface area contributed by atoms with E-state index in [1.807, 2.05) is 54.8 Å². The molecule has 0 saturated heterocycles. The summed E-state index contributed by atoms with van der Waals surface area (Å²) in [6.45, 7) is 4.19. The van der Waals surface area contributed by atoms with Crippen LogP contribution in [0.15, 0.2) is 36.5 Å². The lowest BCUT2D eigenvalue weighted by Crippen LogP contribution is -2.07. The van der Waals surface area contributed by atoms with Crippen LogP contribution in [-0.4, -0.2) is 26.9 Å². The number of carbonyl (C=O) groups excluding carboxylic acids is 1. The third-order valence-corrected chi connectivity index (χ3v) is 4.69. The molecule has 0 fully saturated rings. The summed E-state index contributed by atoms with van der Waals surface area (Å²) in [5.74, 6) is 0.807. The minimum absolute atomic E-state index is 0.0751. The van der Waals surface area contributed by atoms with Crippen LogP contribution in [0.25, 0.3) is 5.65 Å². The third kappa shape index (κ3) is 2.81. The lowest BCUT2D eigenvalue weighted by molar-refractivity contribution is 0.0976. The predicted octanol–water partition coefficient (Wildman–Crippen LogP) is 3.19. The number of rotatable bonds is 4. The summed E-state index contributed by atoms with van der Waals surface area (Å²) in [4.78, 5) is 17.3. The summed E-state index contributed by atoms with van der Waals surface area (Å²) in [5, 5.41) is 9.91. The van der Waals surface area contributed by atoms with Gasteiger partial charge in [-0.1, -0.05) is 6.07 Å². The molecule has 0 saturated carbocycles. The molecule has 5 heteroatoms. The molecule has 3 aromatic rings. The molecule has 3 heterocycles. The van der Waals surface area contributed by atoms with Crippen LogP contribution >= 0.6 is 0 Å². The zero-order valence-electron chi connectivity index (χ0n) is 14.3. The van der Waals surface area contributed by atoms with Gasteiger partial charge in [-0.05, 0) is 55.7 Å². The van der Waals surface area contributed by atoms with E-state index >= 15 is 0 Å². The van der Waals surface area contributed by atoms with Gasteiger partial charge in [-0.2, -0.15) is 0 Å². The van der Waals surface area contributed by atoms with E-state index in [1.165, 1.54) is 0 Å². The highest BCUT2D eigenvalue weighted by Gasteiger charge is 2.22. The Morgan fingerprint density at radius 3 is 3.00 bits per heavy atom. The Morgan fingerprint density at radius 1 is 1.32 bits per heavy atom. The number of hydrogen-bond donors (Lipinski definition) is 1. The number of carbonyl (C=O) groups is 1. The molecule has 0 amide bonds. The number of Topliss-reactive ketones (excluding diaryl/α,β-unsaturated/α-hetero) is 1. The Balaban J connectivity index is 1.55. The van der Waals surface area contributed by atoms with Crippen molar-refractivity contribution in [3.63, 3.8) is 0 Å². The number of ether oxygens (including phenoxy) is 1. The number of pyridine rings is 1. The summed E-state index contributed by atoms with van der Waals surface area (Å²) >= 11 is 0. The predicted molar refractivity (Wildman–Crippen MR) is 94.2 cm³/mol. The molecule has 25 heavy (non-hydrogen) atoms. The number of aliphatic hydroxyl groups is 1. The molecule has 1 aliphatic heterocycles. The van der Waals surface area contributed by atoms with Crippen LogP contribution in [0, 0.1) is 13.8 Å². The number of fused-ring (bicyclic) bond motifs is 2. The first-order valence-corrected chi connectivity index (χ1v) is 8.45. The van der Waals surface area contributed by atoms with E-state index in [0.29, 0.717) is 25.1 Å². The molecule has 5 nitrogen and oxygen atoms in total. The molecule has 0 bridgehead atoms. The first-order valence-electron chi connectivity index (χ1n) is 8.45. The van der Waals surface area contributed by atoms with E-state index in [4.69, 9.17) is 4.74 Å². The lowest BCUT2D eigenvalue weighted by Gasteiger charge is -2.06. The van der Waals surface area contributed by atoms with Crippen LogP contribution in [-0.2, 0) is 6.42 Å². The highest BCUT2D eigenvalue weighted by atomic mass is 16.5. The molecule has 1 atom stereocenters. The molecule has 1 aromatic carbocycles. The number of nitrogens with zero attached hydrogens (tertiary/aromatic N) is 2. The molecule has 1 unspecified atom stereocenters. The van der Waals surface area contributed by atoms with Crippen LogP contribution < -0.4 is 4.74 Å². The van der Waals surface area contributed by atoms with Crippen molar-refractivity contribution in [2.45, 2.75) is 32.8 Å². The van der Waals surface area contributed by atoms with Crippen LogP contribution in [0.3, 0.4) is 0 Å². The van der Waals surface area contributed by atoms with Crippen molar-refractivity contribution in [1.82, 2.24) is 9.38 Å². The fourth-order valence-corrected chi connectivity index (χ4v) is 3.38. The highest BCUT2D eigenvalue weighted by Crippen LogP contribution is 2.33. The monoisotopic (exact) mass is 336 g/mol. The third-order valence-electron chi connectivity index (χ3n) is 4.69. The molecule has 4 rings (SSSR count). The van der Waals surface area contributed by atoms with E-state index in [9.17, 15) is 9.90 Å². The SMILES string of the molecule is Cc1ccn2c(C(=O)CCc3ccc4c(c3)C(O)CO4)c(C)nc2c1. The van der Waals surface area contributed by atoms with Crippen molar-refractivity contribution < 1.29 is 14.6 Å². The molecular weight excluding hydrogens is 316 g/mol. The van der Waals surface area contributed by atoms with Gasteiger partial charge in [0.05, 0.1) is 5.69 Å². The zero-order chi connectivity index (χ0) is 17.6. The van der Waals surface area contributed by atoms with Crippen molar-refractivity contribution in [2.24, 2.45) is 0 Å². The maximum absolute atomic E-state index is 12.8. The molecular formula is C20H20N2O3. The number of hydrogen-bond acceptors (Lipinski definition) is 4. The van der Waals surface area contributed by atoms with Gasteiger partial charge in [-0.25, -0.2) is 4.98 Å². The lowest BCUT2D eigenvalue weighted by atomic mass is 10.0. The number of ketones is 1. The van der Waals surface area contributed by atoms with Crippen LogP contribution in [0.1, 0.15) is 45.4 Å². The molecule has 0 radical (unpaired) electrons. The number of aromatic nitrogens is 2. The van der Waals surface area contributed by atoms with Crippen molar-refractivity contribution in [3.8, 4) is 5.75 Å². The first kappa shape index (κ1) is 15.8. The minimum Gasteiger partial charge on any atom is -0.490 e. The largest absolute Gasteiger partial charge is 0.490 e. The van der Waals surface area contributed by atoms with Crippen molar-refractivity contribution >= 4 is 11.4 Å². The summed E-state index contributed by atoms with van der Waals surface area (Å²) in [5.41, 5.74) is 5.17. The van der Waals surface area contributed by atoms with E-state index in [-0.39, 0.29) is 5.78 Å². The van der Waals surface area contributed by atoms with Gasteiger partial charge in [0.1, 0.15) is 29.8 Å². The summed E-state index contributed by atoms with van der Waals surface area (Å²) in [6.07, 6.45) is 2.35. The molecule has 128 valence electrons. The van der Waals surface area contributed by atoms with E-state index < -0.39 is 6.10 Å². The second-order valence-electron chi connectivity index (χ2n) is 6.60. The fourth-order valence-electron chi connectivity index (χ4n) is 3.38. The summed E-state index contributed by atoms with van der Waals surface area (Å²) < 4.78 is 7.26. The quantitative estimate of drug-likeness (QED) is 0.743. The highest BCUT2D eigenvalue weighted by molar-refractivity contribution is 5.96. The van der Waals surface area contributed by atoms with Gasteiger partial charge < -0.3 is 9.84 Å². The summed E-state index contributed by atoms with van der Waals surface area (Å²) in [7, 11) is 0. The number of aryl methyl sites for hydroxylation is 3.